The van der Waals surface area contributed by atoms with Crippen molar-refractivity contribution in [2.75, 3.05) is 6.61 Å². The van der Waals surface area contributed by atoms with Crippen molar-refractivity contribution in [1.29, 1.82) is 0 Å². The van der Waals surface area contributed by atoms with E-state index in [1.54, 1.807) is 0 Å². The zero-order valence-corrected chi connectivity index (χ0v) is 6.61. The van der Waals surface area contributed by atoms with Gasteiger partial charge in [-0.1, -0.05) is 0 Å². The van der Waals surface area contributed by atoms with Crippen LogP contribution in [0.25, 0.3) is 0 Å². The van der Waals surface area contributed by atoms with E-state index in [2.05, 4.69) is 5.32 Å². The van der Waals surface area contributed by atoms with Crippen LogP contribution in [-0.2, 0) is 0 Å². The maximum atomic E-state index is 8.72. The van der Waals surface area contributed by atoms with Crippen molar-refractivity contribution >= 4 is 11.8 Å². The molecule has 8 N–H and O–H groups in total. The van der Waals surface area contributed by atoms with Crippen LogP contribution in [0.4, 0.5) is 0 Å². The Bertz CT molecular complexity index is 231. The minimum absolute atomic E-state index is 0.129. The summed E-state index contributed by atoms with van der Waals surface area (Å²) >= 11 is 1.22. The van der Waals surface area contributed by atoms with E-state index in [1.807, 2.05) is 0 Å². The van der Waals surface area contributed by atoms with Crippen molar-refractivity contribution in [2.24, 2.45) is 17.2 Å². The standard InChI is InChI=1S/C5H10N4OS/c6-3(7)5-9-2(1-10)4(8)11-5/h9-10H,1,6-8H2. The Morgan fingerprint density at radius 2 is 2.18 bits per heavy atom. The number of aliphatic hydroxyl groups is 1. The first-order chi connectivity index (χ1) is 5.15. The maximum absolute atomic E-state index is 8.72. The first kappa shape index (κ1) is 8.09. The molecule has 0 saturated carbocycles. The molecule has 0 amide bonds. The number of nitrogens with two attached hydrogens (primary N) is 3. The van der Waals surface area contributed by atoms with Gasteiger partial charge in [0.2, 0.25) is 0 Å². The Labute approximate surface area is 68.3 Å². The van der Waals surface area contributed by atoms with Gasteiger partial charge in [-0.25, -0.2) is 0 Å². The van der Waals surface area contributed by atoms with E-state index in [0.29, 0.717) is 15.8 Å². The smallest absolute Gasteiger partial charge is 0.125 e. The lowest BCUT2D eigenvalue weighted by Crippen LogP contribution is -2.18. The second-order valence-electron chi connectivity index (χ2n) is 2.01. The Kier molecular flexibility index (Phi) is 2.16. The van der Waals surface area contributed by atoms with Gasteiger partial charge in [-0.3, -0.25) is 0 Å². The van der Waals surface area contributed by atoms with E-state index in [0.717, 1.165) is 0 Å². The molecular weight excluding hydrogens is 164 g/mol. The van der Waals surface area contributed by atoms with Gasteiger partial charge in [-0.05, 0) is 11.8 Å². The zero-order chi connectivity index (χ0) is 8.43. The topological polar surface area (TPSA) is 110 Å². The quantitative estimate of drug-likeness (QED) is 0.330. The average Bonchev–Trinajstić information content (AvgIpc) is 2.31. The summed E-state index contributed by atoms with van der Waals surface area (Å²) in [4.78, 5) is 0. The van der Waals surface area contributed by atoms with Crippen LogP contribution in [0.2, 0.25) is 0 Å². The summed E-state index contributed by atoms with van der Waals surface area (Å²) in [6, 6.07) is 0. The molecule has 0 unspecified atom stereocenters. The van der Waals surface area contributed by atoms with Crippen molar-refractivity contribution < 1.29 is 5.11 Å². The number of aliphatic hydroxyl groups excluding tert-OH is 1. The summed E-state index contributed by atoms with van der Waals surface area (Å²) in [5, 5.41) is 12.6. The third-order valence-corrected chi connectivity index (χ3v) is 2.20. The molecule has 0 atom stereocenters. The Hall–Kier alpha value is -1.01. The fourth-order valence-electron chi connectivity index (χ4n) is 0.644. The lowest BCUT2D eigenvalue weighted by Gasteiger charge is -2.01. The van der Waals surface area contributed by atoms with Gasteiger partial charge in [0, 0.05) is 0 Å². The summed E-state index contributed by atoms with van der Waals surface area (Å²) in [6.45, 7) is -0.129. The van der Waals surface area contributed by atoms with Crippen molar-refractivity contribution in [3.8, 4) is 0 Å². The fourth-order valence-corrected chi connectivity index (χ4v) is 1.40. The second-order valence-corrected chi connectivity index (χ2v) is 3.06. The highest BCUT2D eigenvalue weighted by molar-refractivity contribution is 8.06. The summed E-state index contributed by atoms with van der Waals surface area (Å²) in [5.41, 5.74) is 16.6. The van der Waals surface area contributed by atoms with E-state index in [1.165, 1.54) is 11.8 Å². The first-order valence-electron chi connectivity index (χ1n) is 2.94. The SMILES string of the molecule is NC(N)=C1NC(CO)=C(N)S1. The van der Waals surface area contributed by atoms with Crippen LogP contribution in [0.3, 0.4) is 0 Å². The highest BCUT2D eigenvalue weighted by atomic mass is 32.2. The normalized spacial score (nSPS) is 17.0. The predicted molar refractivity (Wildman–Crippen MR) is 44.4 cm³/mol. The van der Waals surface area contributed by atoms with Crippen LogP contribution in [0.5, 0.6) is 0 Å². The van der Waals surface area contributed by atoms with Crippen molar-refractivity contribution in [2.45, 2.75) is 0 Å². The molecule has 0 spiro atoms. The van der Waals surface area contributed by atoms with Crippen LogP contribution in [0.15, 0.2) is 21.6 Å². The van der Waals surface area contributed by atoms with E-state index < -0.39 is 0 Å². The number of rotatable bonds is 1. The van der Waals surface area contributed by atoms with E-state index in [4.69, 9.17) is 22.3 Å². The molecular formula is C5H10N4OS. The summed E-state index contributed by atoms with van der Waals surface area (Å²) in [6.07, 6.45) is 0. The number of nitrogens with one attached hydrogen (secondary N) is 1. The van der Waals surface area contributed by atoms with Gasteiger partial charge >= 0.3 is 0 Å². The molecule has 1 rings (SSSR count). The molecule has 0 aromatic heterocycles. The van der Waals surface area contributed by atoms with Crippen molar-refractivity contribution in [3.05, 3.63) is 21.6 Å². The Morgan fingerprint density at radius 1 is 1.55 bits per heavy atom. The van der Waals surface area contributed by atoms with Gasteiger partial charge in [-0.15, -0.1) is 0 Å². The predicted octanol–water partition coefficient (Wildman–Crippen LogP) is -1.51. The Morgan fingerprint density at radius 3 is 2.45 bits per heavy atom. The molecule has 0 aliphatic carbocycles. The van der Waals surface area contributed by atoms with Gasteiger partial charge in [0.1, 0.15) is 10.9 Å². The van der Waals surface area contributed by atoms with Gasteiger partial charge < -0.3 is 27.6 Å². The lowest BCUT2D eigenvalue weighted by molar-refractivity contribution is 0.324. The highest BCUT2D eigenvalue weighted by Gasteiger charge is 2.17. The summed E-state index contributed by atoms with van der Waals surface area (Å²) < 4.78 is 0. The van der Waals surface area contributed by atoms with Gasteiger partial charge in [0.05, 0.1) is 17.3 Å². The molecule has 62 valence electrons. The minimum atomic E-state index is -0.129. The van der Waals surface area contributed by atoms with Crippen molar-refractivity contribution in [1.82, 2.24) is 5.32 Å². The summed E-state index contributed by atoms with van der Waals surface area (Å²) in [7, 11) is 0. The third-order valence-electron chi connectivity index (χ3n) is 1.19. The fraction of sp³-hybridized carbons (Fsp3) is 0.200. The molecule has 0 saturated heterocycles. The molecule has 0 aromatic carbocycles. The molecule has 11 heavy (non-hydrogen) atoms. The van der Waals surface area contributed by atoms with Gasteiger partial charge in [-0.2, -0.15) is 0 Å². The highest BCUT2D eigenvalue weighted by Crippen LogP contribution is 2.28. The first-order valence-corrected chi connectivity index (χ1v) is 3.76. The summed E-state index contributed by atoms with van der Waals surface area (Å²) in [5.74, 6) is 0.182. The molecule has 5 nitrogen and oxygen atoms in total. The van der Waals surface area contributed by atoms with E-state index >= 15 is 0 Å². The third kappa shape index (κ3) is 1.52. The largest absolute Gasteiger partial charge is 0.392 e. The maximum Gasteiger partial charge on any atom is 0.125 e. The van der Waals surface area contributed by atoms with E-state index in [-0.39, 0.29) is 12.4 Å². The van der Waals surface area contributed by atoms with Crippen LogP contribution in [0.1, 0.15) is 0 Å². The average molecular weight is 174 g/mol. The molecule has 1 heterocycles. The van der Waals surface area contributed by atoms with Crippen LogP contribution in [0, 0.1) is 0 Å². The molecule has 0 fully saturated rings. The molecule has 1 aliphatic rings. The molecule has 0 aromatic rings. The van der Waals surface area contributed by atoms with E-state index in [9.17, 15) is 0 Å². The number of thioether (sulfide) groups is 1. The van der Waals surface area contributed by atoms with Crippen LogP contribution in [-0.4, -0.2) is 11.7 Å². The lowest BCUT2D eigenvalue weighted by atomic mass is 10.5. The molecule has 1 aliphatic heterocycles. The van der Waals surface area contributed by atoms with Crippen LogP contribution < -0.4 is 22.5 Å². The Balaban J connectivity index is 2.76. The molecule has 0 radical (unpaired) electrons. The zero-order valence-electron chi connectivity index (χ0n) is 5.79. The number of hydrogen-bond donors (Lipinski definition) is 5. The van der Waals surface area contributed by atoms with Gasteiger partial charge in [0.15, 0.2) is 0 Å². The van der Waals surface area contributed by atoms with Crippen LogP contribution >= 0.6 is 11.8 Å². The van der Waals surface area contributed by atoms with Gasteiger partial charge in [0.25, 0.3) is 0 Å². The number of hydrogen-bond acceptors (Lipinski definition) is 6. The second kappa shape index (κ2) is 2.93. The molecule has 6 heteroatoms. The molecule has 0 bridgehead atoms. The monoisotopic (exact) mass is 174 g/mol. The minimum Gasteiger partial charge on any atom is -0.392 e. The van der Waals surface area contributed by atoms with Crippen molar-refractivity contribution in [3.63, 3.8) is 0 Å².